The van der Waals surface area contributed by atoms with Gasteiger partial charge in [-0.3, -0.25) is 4.79 Å². The van der Waals surface area contributed by atoms with E-state index in [1.165, 1.54) is 0 Å². The lowest BCUT2D eigenvalue weighted by molar-refractivity contribution is -0.119. The lowest BCUT2D eigenvalue weighted by Gasteiger charge is -2.13. The van der Waals surface area contributed by atoms with Crippen LogP contribution < -0.4 is 20.9 Å². The number of hydrogen-bond acceptors (Lipinski definition) is 7. The van der Waals surface area contributed by atoms with Gasteiger partial charge in [-0.05, 0) is 6.42 Å². The number of rotatable bonds is 7. The summed E-state index contributed by atoms with van der Waals surface area (Å²) >= 11 is 0. The van der Waals surface area contributed by atoms with E-state index in [1.54, 1.807) is 11.9 Å². The zero-order chi connectivity index (χ0) is 14.3. The van der Waals surface area contributed by atoms with Crippen LogP contribution >= 0.6 is 0 Å². The lowest BCUT2D eigenvalue weighted by Crippen LogP contribution is -2.31. The molecule has 0 radical (unpaired) electrons. The van der Waals surface area contributed by atoms with Crippen LogP contribution in [0.25, 0.3) is 0 Å². The maximum atomic E-state index is 11.5. The van der Waals surface area contributed by atoms with Crippen molar-refractivity contribution in [3.05, 3.63) is 0 Å². The van der Waals surface area contributed by atoms with Gasteiger partial charge in [-0.2, -0.15) is 15.0 Å². The van der Waals surface area contributed by atoms with Gasteiger partial charge in [0.1, 0.15) is 0 Å². The molecule has 0 saturated heterocycles. The summed E-state index contributed by atoms with van der Waals surface area (Å²) in [4.78, 5) is 25.8. The highest BCUT2D eigenvalue weighted by molar-refractivity contribution is 5.80. The molecular weight excluding hydrogens is 246 g/mol. The molecule has 0 unspecified atom stereocenters. The van der Waals surface area contributed by atoms with Crippen molar-refractivity contribution in [2.24, 2.45) is 0 Å². The standard InChI is InChI=1S/C11H21N7O/c1-5-6-13-8(19)7-14-10-15-9(12-2)16-11(17-10)18(3)4/h5-7H2,1-4H3,(H,13,19)(H2,12,14,15,16,17). The summed E-state index contributed by atoms with van der Waals surface area (Å²) in [6, 6.07) is 0. The summed E-state index contributed by atoms with van der Waals surface area (Å²) in [5.41, 5.74) is 0. The van der Waals surface area contributed by atoms with Gasteiger partial charge in [0.25, 0.3) is 0 Å². The van der Waals surface area contributed by atoms with Gasteiger partial charge < -0.3 is 20.9 Å². The number of anilines is 3. The summed E-state index contributed by atoms with van der Waals surface area (Å²) in [6.45, 7) is 2.81. The van der Waals surface area contributed by atoms with Gasteiger partial charge in [-0.25, -0.2) is 0 Å². The molecule has 0 fully saturated rings. The minimum absolute atomic E-state index is 0.0836. The van der Waals surface area contributed by atoms with Gasteiger partial charge in [0.05, 0.1) is 6.54 Å². The van der Waals surface area contributed by atoms with E-state index in [0.717, 1.165) is 6.42 Å². The highest BCUT2D eigenvalue weighted by Crippen LogP contribution is 2.10. The average Bonchev–Trinajstić information content (AvgIpc) is 2.42. The minimum atomic E-state index is -0.0836. The first-order valence-corrected chi connectivity index (χ1v) is 6.18. The van der Waals surface area contributed by atoms with Gasteiger partial charge in [0.15, 0.2) is 0 Å². The average molecular weight is 267 g/mol. The van der Waals surface area contributed by atoms with Crippen molar-refractivity contribution in [1.82, 2.24) is 20.3 Å². The molecule has 0 aliphatic carbocycles. The molecule has 0 aromatic carbocycles. The van der Waals surface area contributed by atoms with Crippen molar-refractivity contribution >= 4 is 23.8 Å². The summed E-state index contributed by atoms with van der Waals surface area (Å²) in [5, 5.41) is 8.51. The molecule has 19 heavy (non-hydrogen) atoms. The second-order valence-corrected chi connectivity index (χ2v) is 4.13. The molecule has 106 valence electrons. The third-order valence-corrected chi connectivity index (χ3v) is 2.23. The smallest absolute Gasteiger partial charge is 0.239 e. The fourth-order valence-corrected chi connectivity index (χ4v) is 1.24. The van der Waals surface area contributed by atoms with Crippen LogP contribution in [0.3, 0.4) is 0 Å². The van der Waals surface area contributed by atoms with E-state index in [0.29, 0.717) is 24.4 Å². The lowest BCUT2D eigenvalue weighted by atomic mass is 10.4. The van der Waals surface area contributed by atoms with Gasteiger partial charge in [-0.1, -0.05) is 6.92 Å². The van der Waals surface area contributed by atoms with E-state index >= 15 is 0 Å². The molecule has 8 heteroatoms. The SMILES string of the molecule is CCCNC(=O)CNc1nc(NC)nc(N(C)C)n1. The Balaban J connectivity index is 2.67. The number of hydrogen-bond donors (Lipinski definition) is 3. The molecule has 1 aromatic rings. The van der Waals surface area contributed by atoms with Gasteiger partial charge >= 0.3 is 0 Å². The quantitative estimate of drug-likeness (QED) is 0.636. The van der Waals surface area contributed by atoms with Crippen LogP contribution in [-0.2, 0) is 4.79 Å². The summed E-state index contributed by atoms with van der Waals surface area (Å²) in [5.74, 6) is 1.26. The fraction of sp³-hybridized carbons (Fsp3) is 0.636. The van der Waals surface area contributed by atoms with Crippen molar-refractivity contribution in [1.29, 1.82) is 0 Å². The first-order valence-electron chi connectivity index (χ1n) is 6.18. The zero-order valence-corrected chi connectivity index (χ0v) is 11.8. The Morgan fingerprint density at radius 1 is 1.21 bits per heavy atom. The van der Waals surface area contributed by atoms with Crippen molar-refractivity contribution in [2.45, 2.75) is 13.3 Å². The van der Waals surface area contributed by atoms with E-state index < -0.39 is 0 Å². The van der Waals surface area contributed by atoms with Gasteiger partial charge in [-0.15, -0.1) is 0 Å². The van der Waals surface area contributed by atoms with Crippen LogP contribution in [0.4, 0.5) is 17.8 Å². The van der Waals surface area contributed by atoms with E-state index in [-0.39, 0.29) is 12.5 Å². The second-order valence-electron chi connectivity index (χ2n) is 4.13. The minimum Gasteiger partial charge on any atom is -0.357 e. The van der Waals surface area contributed by atoms with Crippen LogP contribution in [0.2, 0.25) is 0 Å². The van der Waals surface area contributed by atoms with Crippen LogP contribution in [-0.4, -0.2) is 55.1 Å². The maximum absolute atomic E-state index is 11.5. The summed E-state index contributed by atoms with van der Waals surface area (Å²) < 4.78 is 0. The van der Waals surface area contributed by atoms with Crippen molar-refractivity contribution < 1.29 is 4.79 Å². The molecule has 0 bridgehead atoms. The molecular formula is C11H21N7O. The molecule has 0 atom stereocenters. The molecule has 0 saturated carbocycles. The Morgan fingerprint density at radius 3 is 2.47 bits per heavy atom. The molecule has 0 spiro atoms. The Morgan fingerprint density at radius 2 is 1.89 bits per heavy atom. The maximum Gasteiger partial charge on any atom is 0.239 e. The Hall–Kier alpha value is -2.12. The molecule has 1 aromatic heterocycles. The molecule has 8 nitrogen and oxygen atoms in total. The number of nitrogens with one attached hydrogen (secondary N) is 3. The number of amides is 1. The number of carbonyl (C=O) groups excluding carboxylic acids is 1. The molecule has 1 rings (SSSR count). The topological polar surface area (TPSA) is 95.1 Å². The van der Waals surface area contributed by atoms with E-state index in [9.17, 15) is 4.79 Å². The summed E-state index contributed by atoms with van der Waals surface area (Å²) in [7, 11) is 5.41. The molecule has 0 aliphatic rings. The predicted octanol–water partition coefficient (Wildman–Crippen LogP) is -0.0826. The van der Waals surface area contributed by atoms with Crippen LogP contribution in [0, 0.1) is 0 Å². The van der Waals surface area contributed by atoms with Crippen LogP contribution in [0.15, 0.2) is 0 Å². The first kappa shape index (κ1) is 14.9. The normalized spacial score (nSPS) is 9.89. The van der Waals surface area contributed by atoms with Crippen molar-refractivity contribution in [3.63, 3.8) is 0 Å². The predicted molar refractivity (Wildman–Crippen MR) is 75.5 cm³/mol. The van der Waals surface area contributed by atoms with E-state index in [4.69, 9.17) is 0 Å². The second kappa shape index (κ2) is 7.34. The highest BCUT2D eigenvalue weighted by Gasteiger charge is 2.08. The van der Waals surface area contributed by atoms with Crippen molar-refractivity contribution in [3.8, 4) is 0 Å². The number of aromatic nitrogens is 3. The zero-order valence-electron chi connectivity index (χ0n) is 11.8. The van der Waals surface area contributed by atoms with Crippen LogP contribution in [0.1, 0.15) is 13.3 Å². The summed E-state index contributed by atoms with van der Waals surface area (Å²) in [6.07, 6.45) is 0.909. The van der Waals surface area contributed by atoms with Gasteiger partial charge in [0.2, 0.25) is 23.8 Å². The largest absolute Gasteiger partial charge is 0.357 e. The molecule has 3 N–H and O–H groups in total. The van der Waals surface area contributed by atoms with E-state index in [1.807, 2.05) is 21.0 Å². The van der Waals surface area contributed by atoms with E-state index in [2.05, 4.69) is 30.9 Å². The monoisotopic (exact) mass is 267 g/mol. The number of nitrogens with zero attached hydrogens (tertiary/aromatic N) is 4. The Labute approximate surface area is 113 Å². The molecule has 1 amide bonds. The molecule has 0 aliphatic heterocycles. The van der Waals surface area contributed by atoms with Crippen LogP contribution in [0.5, 0.6) is 0 Å². The third-order valence-electron chi connectivity index (χ3n) is 2.23. The molecule has 1 heterocycles. The fourth-order valence-electron chi connectivity index (χ4n) is 1.24. The van der Waals surface area contributed by atoms with Crippen molar-refractivity contribution in [2.75, 3.05) is 49.8 Å². The first-order chi connectivity index (χ1) is 9.06. The highest BCUT2D eigenvalue weighted by atomic mass is 16.1. The van der Waals surface area contributed by atoms with Gasteiger partial charge in [0, 0.05) is 27.7 Å². The Bertz CT molecular complexity index is 422. The Kier molecular flexibility index (Phi) is 5.77. The number of carbonyl (C=O) groups is 1. The third kappa shape index (κ3) is 4.94.